The Kier molecular flexibility index (Phi) is 3.96. The predicted molar refractivity (Wildman–Crippen MR) is 72.1 cm³/mol. The number of nitrogens with one attached hydrogen (secondary N) is 1. The molecule has 0 aliphatic rings. The predicted octanol–water partition coefficient (Wildman–Crippen LogP) is 4.54. The summed E-state index contributed by atoms with van der Waals surface area (Å²) in [6.07, 6.45) is 1.32. The van der Waals surface area contributed by atoms with Gasteiger partial charge in [-0.15, -0.1) is 0 Å². The molecule has 0 aliphatic heterocycles. The summed E-state index contributed by atoms with van der Waals surface area (Å²) in [5.41, 5.74) is 0.571. The summed E-state index contributed by atoms with van der Waals surface area (Å²) in [4.78, 5) is 7.80. The summed E-state index contributed by atoms with van der Waals surface area (Å²) in [7, 11) is 0. The number of rotatable bonds is 2. The highest BCUT2D eigenvalue weighted by Crippen LogP contribution is 2.29. The third kappa shape index (κ3) is 2.94. The molecule has 0 amide bonds. The molecule has 1 aromatic carbocycles. The monoisotopic (exact) mass is 379 g/mol. The Morgan fingerprint density at radius 3 is 2.71 bits per heavy atom. The van der Waals surface area contributed by atoms with Crippen LogP contribution in [0, 0.1) is 5.82 Å². The normalized spacial score (nSPS) is 10.4. The van der Waals surface area contributed by atoms with Crippen LogP contribution in [0.3, 0.4) is 0 Å². The van der Waals surface area contributed by atoms with Gasteiger partial charge in [-0.1, -0.05) is 11.6 Å². The quantitative estimate of drug-likeness (QED) is 0.777. The first-order valence-electron chi connectivity index (χ1n) is 4.46. The van der Waals surface area contributed by atoms with E-state index in [1.54, 1.807) is 12.1 Å². The molecule has 0 radical (unpaired) electrons. The molecule has 2 rings (SSSR count). The van der Waals surface area contributed by atoms with E-state index in [1.807, 2.05) is 0 Å². The maximum atomic E-state index is 13.3. The van der Waals surface area contributed by atoms with Gasteiger partial charge in [0.25, 0.3) is 0 Å². The van der Waals surface area contributed by atoms with E-state index in [0.717, 1.165) is 0 Å². The smallest absolute Gasteiger partial charge is 0.149 e. The van der Waals surface area contributed by atoms with Gasteiger partial charge in [0, 0.05) is 5.69 Å². The van der Waals surface area contributed by atoms with Crippen LogP contribution in [0.5, 0.6) is 0 Å². The standard InChI is InChI=1S/C10H5Br2ClFN3/c11-6-2-1-5(3-7(6)14)17-10-8(12)9(13)15-4-16-10/h1-4H,(H,15,16,17). The van der Waals surface area contributed by atoms with Crippen LogP contribution in [0.25, 0.3) is 0 Å². The van der Waals surface area contributed by atoms with E-state index in [1.165, 1.54) is 12.4 Å². The van der Waals surface area contributed by atoms with Crippen LogP contribution >= 0.6 is 43.5 Å². The first-order chi connectivity index (χ1) is 8.08. The number of hydrogen-bond donors (Lipinski definition) is 1. The number of benzene rings is 1. The molecule has 0 atom stereocenters. The molecular formula is C10H5Br2ClFN3. The Labute approximate surface area is 119 Å². The fraction of sp³-hybridized carbons (Fsp3) is 0. The second kappa shape index (κ2) is 5.29. The maximum Gasteiger partial charge on any atom is 0.149 e. The van der Waals surface area contributed by atoms with Crippen LogP contribution in [0.1, 0.15) is 0 Å². The van der Waals surface area contributed by atoms with E-state index in [9.17, 15) is 4.39 Å². The molecule has 0 spiro atoms. The van der Waals surface area contributed by atoms with Gasteiger partial charge in [0.15, 0.2) is 0 Å². The molecule has 0 saturated heterocycles. The second-order valence-corrected chi connectivity index (χ2v) is 5.09. The van der Waals surface area contributed by atoms with Crippen molar-refractivity contribution in [2.45, 2.75) is 0 Å². The molecule has 17 heavy (non-hydrogen) atoms. The lowest BCUT2D eigenvalue weighted by atomic mass is 10.3. The summed E-state index contributed by atoms with van der Waals surface area (Å²) in [6.45, 7) is 0. The fourth-order valence-corrected chi connectivity index (χ4v) is 1.83. The van der Waals surface area contributed by atoms with Crippen molar-refractivity contribution >= 4 is 55.0 Å². The van der Waals surface area contributed by atoms with Crippen molar-refractivity contribution in [2.24, 2.45) is 0 Å². The van der Waals surface area contributed by atoms with Crippen LogP contribution in [0.2, 0.25) is 5.15 Å². The van der Waals surface area contributed by atoms with Crippen molar-refractivity contribution in [2.75, 3.05) is 5.32 Å². The Bertz CT molecular complexity index is 565. The Morgan fingerprint density at radius 1 is 1.24 bits per heavy atom. The minimum atomic E-state index is -0.355. The molecule has 0 unspecified atom stereocenters. The topological polar surface area (TPSA) is 37.8 Å². The average Bonchev–Trinajstić information content (AvgIpc) is 2.30. The Morgan fingerprint density at radius 2 is 2.00 bits per heavy atom. The van der Waals surface area contributed by atoms with Crippen LogP contribution < -0.4 is 5.32 Å². The van der Waals surface area contributed by atoms with E-state index >= 15 is 0 Å². The van der Waals surface area contributed by atoms with Crippen molar-refractivity contribution < 1.29 is 4.39 Å². The van der Waals surface area contributed by atoms with Gasteiger partial charge in [-0.3, -0.25) is 0 Å². The summed E-state index contributed by atoms with van der Waals surface area (Å²) < 4.78 is 14.2. The van der Waals surface area contributed by atoms with E-state index in [0.29, 0.717) is 25.6 Å². The van der Waals surface area contributed by atoms with Gasteiger partial charge in [-0.2, -0.15) is 0 Å². The Balaban J connectivity index is 2.31. The van der Waals surface area contributed by atoms with Crippen LogP contribution in [-0.4, -0.2) is 9.97 Å². The number of aromatic nitrogens is 2. The lowest BCUT2D eigenvalue weighted by Gasteiger charge is -2.08. The van der Waals surface area contributed by atoms with Crippen LogP contribution in [-0.2, 0) is 0 Å². The molecular weight excluding hydrogens is 376 g/mol. The zero-order valence-corrected chi connectivity index (χ0v) is 12.1. The van der Waals surface area contributed by atoms with E-state index in [-0.39, 0.29) is 5.82 Å². The van der Waals surface area contributed by atoms with E-state index < -0.39 is 0 Å². The Hall–Kier alpha value is -0.720. The molecule has 7 heteroatoms. The molecule has 1 aromatic heterocycles. The minimum Gasteiger partial charge on any atom is -0.339 e. The van der Waals surface area contributed by atoms with Gasteiger partial charge in [-0.05, 0) is 50.1 Å². The van der Waals surface area contributed by atoms with Gasteiger partial charge >= 0.3 is 0 Å². The number of hydrogen-bond acceptors (Lipinski definition) is 3. The third-order valence-electron chi connectivity index (χ3n) is 1.93. The van der Waals surface area contributed by atoms with E-state index in [2.05, 4.69) is 47.1 Å². The van der Waals surface area contributed by atoms with E-state index in [4.69, 9.17) is 11.6 Å². The number of nitrogens with zero attached hydrogens (tertiary/aromatic N) is 2. The molecule has 2 aromatic rings. The van der Waals surface area contributed by atoms with Gasteiger partial charge in [-0.25, -0.2) is 14.4 Å². The first kappa shape index (κ1) is 12.7. The van der Waals surface area contributed by atoms with Gasteiger partial charge in [0.1, 0.15) is 23.1 Å². The molecule has 0 bridgehead atoms. The summed E-state index contributed by atoms with van der Waals surface area (Å²) in [5.74, 6) is 0.123. The highest BCUT2D eigenvalue weighted by Gasteiger charge is 2.08. The lowest BCUT2D eigenvalue weighted by molar-refractivity contribution is 0.622. The summed E-state index contributed by atoms with van der Waals surface area (Å²) in [5, 5.41) is 3.23. The highest BCUT2D eigenvalue weighted by atomic mass is 79.9. The molecule has 0 aliphatic carbocycles. The van der Waals surface area contributed by atoms with Gasteiger partial charge in [0.05, 0.1) is 8.95 Å². The molecule has 0 saturated carbocycles. The molecule has 1 heterocycles. The largest absolute Gasteiger partial charge is 0.339 e. The first-order valence-corrected chi connectivity index (χ1v) is 6.42. The van der Waals surface area contributed by atoms with Crippen molar-refractivity contribution in [1.82, 2.24) is 9.97 Å². The fourth-order valence-electron chi connectivity index (χ4n) is 1.15. The summed E-state index contributed by atoms with van der Waals surface area (Å²) in [6, 6.07) is 4.68. The highest BCUT2D eigenvalue weighted by molar-refractivity contribution is 9.11. The second-order valence-electron chi connectivity index (χ2n) is 3.08. The van der Waals surface area contributed by atoms with Crippen molar-refractivity contribution in [3.05, 3.63) is 44.4 Å². The summed E-state index contributed by atoms with van der Waals surface area (Å²) >= 11 is 12.1. The molecule has 3 nitrogen and oxygen atoms in total. The maximum absolute atomic E-state index is 13.3. The zero-order chi connectivity index (χ0) is 12.4. The number of anilines is 2. The zero-order valence-electron chi connectivity index (χ0n) is 8.22. The van der Waals surface area contributed by atoms with Gasteiger partial charge in [0.2, 0.25) is 0 Å². The SMILES string of the molecule is Fc1cc(Nc2ncnc(Cl)c2Br)ccc1Br. The molecule has 88 valence electrons. The molecule has 0 fully saturated rings. The average molecular weight is 381 g/mol. The van der Waals surface area contributed by atoms with Crippen LogP contribution in [0.4, 0.5) is 15.9 Å². The minimum absolute atomic E-state index is 0.292. The molecule has 1 N–H and O–H groups in total. The lowest BCUT2D eigenvalue weighted by Crippen LogP contribution is -1.96. The van der Waals surface area contributed by atoms with Gasteiger partial charge < -0.3 is 5.32 Å². The van der Waals surface area contributed by atoms with Crippen molar-refractivity contribution in [1.29, 1.82) is 0 Å². The number of halogens is 4. The third-order valence-corrected chi connectivity index (χ3v) is 3.84. The van der Waals surface area contributed by atoms with Crippen LogP contribution in [0.15, 0.2) is 33.5 Å². The van der Waals surface area contributed by atoms with Crippen molar-refractivity contribution in [3.8, 4) is 0 Å². The van der Waals surface area contributed by atoms with Crippen molar-refractivity contribution in [3.63, 3.8) is 0 Å².